The number of nitrogens with zero attached hydrogens (tertiary/aromatic N) is 3. The fraction of sp³-hybridized carbons (Fsp3) is 0.846. The van der Waals surface area contributed by atoms with Gasteiger partial charge in [0, 0.05) is 19.0 Å². The lowest BCUT2D eigenvalue weighted by Crippen LogP contribution is -2.33. The second-order valence-corrected chi connectivity index (χ2v) is 5.63. The first-order valence-corrected chi connectivity index (χ1v) is 6.70. The molecule has 1 aliphatic carbocycles. The lowest BCUT2D eigenvalue weighted by atomic mass is 9.82. The van der Waals surface area contributed by atoms with Gasteiger partial charge in [-0.3, -0.25) is 0 Å². The molecule has 0 aromatic carbocycles. The summed E-state index contributed by atoms with van der Waals surface area (Å²) in [7, 11) is 2.05. The maximum atomic E-state index is 4.45. The van der Waals surface area contributed by atoms with Crippen molar-refractivity contribution in [3.05, 3.63) is 12.2 Å². The molecular weight excluding hydrogens is 212 g/mol. The average molecular weight is 236 g/mol. The van der Waals surface area contributed by atoms with Crippen LogP contribution in [0.25, 0.3) is 0 Å². The van der Waals surface area contributed by atoms with E-state index in [9.17, 15) is 0 Å². The normalized spacial score (nSPS) is 19.1. The molecule has 1 aromatic heterocycles. The second kappa shape index (κ2) is 5.17. The van der Waals surface area contributed by atoms with Gasteiger partial charge >= 0.3 is 0 Å². The van der Waals surface area contributed by atoms with Gasteiger partial charge in [-0.2, -0.15) is 5.10 Å². The van der Waals surface area contributed by atoms with Crippen molar-refractivity contribution in [3.8, 4) is 0 Å². The second-order valence-electron chi connectivity index (χ2n) is 5.63. The summed E-state index contributed by atoms with van der Waals surface area (Å²) in [5.74, 6) is 1.15. The molecule has 1 heterocycles. The van der Waals surface area contributed by atoms with E-state index in [1.807, 2.05) is 7.05 Å². The van der Waals surface area contributed by atoms with E-state index in [4.69, 9.17) is 0 Å². The molecule has 1 aliphatic rings. The lowest BCUT2D eigenvalue weighted by Gasteiger charge is -2.28. The SMILES string of the molecule is CNCC1(Cc2ncnn2C(C)C)CCCC1. The van der Waals surface area contributed by atoms with Crippen LogP contribution in [0.5, 0.6) is 0 Å². The van der Waals surface area contributed by atoms with Gasteiger partial charge in [0.2, 0.25) is 0 Å². The smallest absolute Gasteiger partial charge is 0.138 e. The first-order chi connectivity index (χ1) is 8.17. The van der Waals surface area contributed by atoms with Gasteiger partial charge in [-0.1, -0.05) is 12.8 Å². The highest BCUT2D eigenvalue weighted by Crippen LogP contribution is 2.40. The minimum Gasteiger partial charge on any atom is -0.319 e. The van der Waals surface area contributed by atoms with Gasteiger partial charge in [0.25, 0.3) is 0 Å². The number of hydrogen-bond acceptors (Lipinski definition) is 3. The third kappa shape index (κ3) is 2.68. The number of rotatable bonds is 5. The summed E-state index contributed by atoms with van der Waals surface area (Å²) < 4.78 is 2.07. The van der Waals surface area contributed by atoms with Gasteiger partial charge in [-0.05, 0) is 39.2 Å². The predicted octanol–water partition coefficient (Wildman–Crippen LogP) is 2.18. The zero-order valence-corrected chi connectivity index (χ0v) is 11.2. The van der Waals surface area contributed by atoms with Crippen molar-refractivity contribution < 1.29 is 0 Å². The predicted molar refractivity (Wildman–Crippen MR) is 68.9 cm³/mol. The molecule has 0 atom stereocenters. The molecule has 0 spiro atoms. The van der Waals surface area contributed by atoms with Crippen LogP contribution in [-0.4, -0.2) is 28.4 Å². The maximum Gasteiger partial charge on any atom is 0.138 e. The van der Waals surface area contributed by atoms with Crippen molar-refractivity contribution in [3.63, 3.8) is 0 Å². The molecule has 17 heavy (non-hydrogen) atoms. The van der Waals surface area contributed by atoms with Gasteiger partial charge in [-0.15, -0.1) is 0 Å². The van der Waals surface area contributed by atoms with Gasteiger partial charge in [0.05, 0.1) is 0 Å². The van der Waals surface area contributed by atoms with Crippen LogP contribution in [0.2, 0.25) is 0 Å². The quantitative estimate of drug-likeness (QED) is 0.852. The van der Waals surface area contributed by atoms with E-state index in [1.54, 1.807) is 6.33 Å². The summed E-state index contributed by atoms with van der Waals surface area (Å²) in [6.45, 7) is 5.42. The van der Waals surface area contributed by atoms with Crippen LogP contribution in [0.1, 0.15) is 51.4 Å². The highest BCUT2D eigenvalue weighted by Gasteiger charge is 2.34. The molecule has 0 bridgehead atoms. The van der Waals surface area contributed by atoms with E-state index in [1.165, 1.54) is 25.7 Å². The van der Waals surface area contributed by atoms with Crippen LogP contribution in [0, 0.1) is 5.41 Å². The highest BCUT2D eigenvalue weighted by molar-refractivity contribution is 4.98. The van der Waals surface area contributed by atoms with Gasteiger partial charge in [-0.25, -0.2) is 9.67 Å². The van der Waals surface area contributed by atoms with Gasteiger partial charge in [0.1, 0.15) is 12.2 Å². The fourth-order valence-electron chi connectivity index (χ4n) is 3.08. The van der Waals surface area contributed by atoms with Gasteiger partial charge in [0.15, 0.2) is 0 Å². The molecule has 4 heteroatoms. The van der Waals surface area contributed by atoms with Crippen LogP contribution in [0.4, 0.5) is 0 Å². The average Bonchev–Trinajstić information content (AvgIpc) is 2.89. The Morgan fingerprint density at radius 2 is 2.12 bits per heavy atom. The number of nitrogens with one attached hydrogen (secondary N) is 1. The maximum absolute atomic E-state index is 4.45. The summed E-state index contributed by atoms with van der Waals surface area (Å²) >= 11 is 0. The minimum absolute atomic E-state index is 0.403. The largest absolute Gasteiger partial charge is 0.319 e. The molecule has 1 aromatic rings. The van der Waals surface area contributed by atoms with E-state index >= 15 is 0 Å². The minimum atomic E-state index is 0.403. The third-order valence-corrected chi connectivity index (χ3v) is 3.89. The van der Waals surface area contributed by atoms with E-state index in [-0.39, 0.29) is 0 Å². The fourth-order valence-corrected chi connectivity index (χ4v) is 3.08. The van der Waals surface area contributed by atoms with Crippen LogP contribution < -0.4 is 5.32 Å². The molecule has 0 saturated heterocycles. The van der Waals surface area contributed by atoms with Crippen molar-refractivity contribution in [2.24, 2.45) is 5.41 Å². The zero-order chi connectivity index (χ0) is 12.3. The summed E-state index contributed by atoms with van der Waals surface area (Å²) in [5.41, 5.74) is 0.411. The Morgan fingerprint density at radius 3 is 2.71 bits per heavy atom. The molecule has 2 rings (SSSR count). The summed E-state index contributed by atoms with van der Waals surface area (Å²) in [5, 5.41) is 7.69. The van der Waals surface area contributed by atoms with Crippen molar-refractivity contribution in [1.82, 2.24) is 20.1 Å². The molecule has 4 nitrogen and oxygen atoms in total. The highest BCUT2D eigenvalue weighted by atomic mass is 15.3. The van der Waals surface area contributed by atoms with Crippen molar-refractivity contribution >= 4 is 0 Å². The van der Waals surface area contributed by atoms with Crippen molar-refractivity contribution in [2.75, 3.05) is 13.6 Å². The van der Waals surface area contributed by atoms with E-state index in [0.717, 1.165) is 18.8 Å². The van der Waals surface area contributed by atoms with E-state index < -0.39 is 0 Å². The lowest BCUT2D eigenvalue weighted by molar-refractivity contribution is 0.272. The molecule has 0 radical (unpaired) electrons. The molecule has 0 amide bonds. The summed E-state index contributed by atoms with van der Waals surface area (Å²) in [6.07, 6.45) is 8.11. The topological polar surface area (TPSA) is 42.7 Å². The Morgan fingerprint density at radius 1 is 1.41 bits per heavy atom. The van der Waals surface area contributed by atoms with Crippen molar-refractivity contribution in [2.45, 2.75) is 52.0 Å². The van der Waals surface area contributed by atoms with E-state index in [2.05, 4.69) is 33.9 Å². The van der Waals surface area contributed by atoms with Crippen LogP contribution in [-0.2, 0) is 6.42 Å². The Hall–Kier alpha value is -0.900. The third-order valence-electron chi connectivity index (χ3n) is 3.89. The number of aromatic nitrogens is 3. The van der Waals surface area contributed by atoms with Crippen LogP contribution >= 0.6 is 0 Å². The Kier molecular flexibility index (Phi) is 3.82. The molecule has 0 unspecified atom stereocenters. The molecule has 1 saturated carbocycles. The summed E-state index contributed by atoms with van der Waals surface area (Å²) in [6, 6.07) is 0.403. The Balaban J connectivity index is 2.14. The number of hydrogen-bond donors (Lipinski definition) is 1. The van der Waals surface area contributed by atoms with Crippen molar-refractivity contribution in [1.29, 1.82) is 0 Å². The Bertz CT molecular complexity index is 350. The molecule has 1 N–H and O–H groups in total. The standard InChI is InChI=1S/C13H24N4/c1-11(2)17-12(15-10-16-17)8-13(9-14-3)6-4-5-7-13/h10-11,14H,4-9H2,1-3H3. The zero-order valence-electron chi connectivity index (χ0n) is 11.2. The molecule has 1 fully saturated rings. The van der Waals surface area contributed by atoms with Crippen LogP contribution in [0.3, 0.4) is 0 Å². The first-order valence-electron chi connectivity index (χ1n) is 6.70. The van der Waals surface area contributed by atoms with E-state index in [0.29, 0.717) is 11.5 Å². The monoisotopic (exact) mass is 236 g/mol. The Labute approximate surface area is 104 Å². The first kappa shape index (κ1) is 12.6. The summed E-state index contributed by atoms with van der Waals surface area (Å²) in [4.78, 5) is 4.45. The molecule has 96 valence electrons. The molecular formula is C13H24N4. The van der Waals surface area contributed by atoms with Gasteiger partial charge < -0.3 is 5.32 Å². The molecule has 0 aliphatic heterocycles. The van der Waals surface area contributed by atoms with Crippen LogP contribution in [0.15, 0.2) is 6.33 Å².